The van der Waals surface area contributed by atoms with Crippen molar-refractivity contribution < 1.29 is 4.79 Å². The predicted octanol–water partition coefficient (Wildman–Crippen LogP) is 4.30. The fourth-order valence-electron chi connectivity index (χ4n) is 3.38. The summed E-state index contributed by atoms with van der Waals surface area (Å²) in [5.74, 6) is 0.392. The third kappa shape index (κ3) is 7.62. The molecular weight excluding hydrogens is 478 g/mol. The average Bonchev–Trinajstić information content (AvgIpc) is 2.86. The number of anilines is 3. The van der Waals surface area contributed by atoms with E-state index in [2.05, 4.69) is 30.6 Å². The Balaban J connectivity index is 0.00000108. The quantitative estimate of drug-likeness (QED) is 0.386. The van der Waals surface area contributed by atoms with E-state index in [1.807, 2.05) is 43.7 Å². The first kappa shape index (κ1) is 26.3. The maximum atomic E-state index is 12.4. The number of hydrogen-bond acceptors (Lipinski definition) is 9. The van der Waals surface area contributed by atoms with Gasteiger partial charge in [-0.05, 0) is 73.8 Å². The fraction of sp³-hybridized carbons (Fsp3) is 0.280. The molecule has 1 amide bonds. The Morgan fingerprint density at radius 3 is 2.34 bits per heavy atom. The van der Waals surface area contributed by atoms with E-state index in [1.54, 1.807) is 54.0 Å². The molecule has 182 valence electrons. The summed E-state index contributed by atoms with van der Waals surface area (Å²) in [6, 6.07) is 18.5. The molecule has 0 atom stereocenters. The number of hydrogen-bond donors (Lipinski definition) is 2. The highest BCUT2D eigenvalue weighted by molar-refractivity contribution is 7.97. The fourth-order valence-corrected chi connectivity index (χ4v) is 4.28. The number of thioether (sulfide) groups is 1. The lowest BCUT2D eigenvalue weighted by molar-refractivity contribution is 0.102. The molecule has 1 aliphatic rings. The number of amides is 1. The first-order valence-electron chi connectivity index (χ1n) is 11.0. The van der Waals surface area contributed by atoms with Crippen LogP contribution in [0.4, 0.5) is 17.3 Å². The number of rotatable bonds is 5. The second-order valence-electron chi connectivity index (χ2n) is 7.79. The summed E-state index contributed by atoms with van der Waals surface area (Å²) in [4.78, 5) is 24.4. The number of carbonyl (C=O) groups excluding carboxylic acids is 1. The number of nitrogen functional groups attached to an aromatic ring is 1. The highest BCUT2D eigenvalue weighted by Crippen LogP contribution is 2.26. The minimum Gasteiger partial charge on any atom is -0.398 e. The molecule has 0 unspecified atom stereocenters. The molecule has 1 aromatic heterocycles. The summed E-state index contributed by atoms with van der Waals surface area (Å²) in [6.45, 7) is 5.13. The van der Waals surface area contributed by atoms with Crippen LogP contribution >= 0.6 is 23.7 Å². The summed E-state index contributed by atoms with van der Waals surface area (Å²) in [5.41, 5.74) is 8.70. The molecule has 0 spiro atoms. The number of carbonyl (C=O) groups is 1. The van der Waals surface area contributed by atoms with Gasteiger partial charge in [0.2, 0.25) is 5.95 Å². The highest BCUT2D eigenvalue weighted by Gasteiger charge is 2.20. The summed E-state index contributed by atoms with van der Waals surface area (Å²) >= 11 is 3.43. The largest absolute Gasteiger partial charge is 0.398 e. The standard InChI is InChI=1S/C23H23N7OS.C2H6S/c1-16-14-18(15-24)28-23(26-16)29-10-12-30(13-11-29)32-19-8-6-17(7-9-19)27-22(31)20-4-2-3-5-21(20)25;1-3-2/h2-9,14H,10-13,25H2,1H3,(H,27,31);1-2H3. The van der Waals surface area contributed by atoms with Gasteiger partial charge in [0.1, 0.15) is 11.8 Å². The summed E-state index contributed by atoms with van der Waals surface area (Å²) in [6.07, 6.45) is 4.08. The van der Waals surface area contributed by atoms with Crippen molar-refractivity contribution in [3.8, 4) is 6.07 Å². The summed E-state index contributed by atoms with van der Waals surface area (Å²) < 4.78 is 2.29. The van der Waals surface area contributed by atoms with Crippen LogP contribution in [-0.4, -0.2) is 58.9 Å². The lowest BCUT2D eigenvalue weighted by atomic mass is 10.1. The number of para-hydroxylation sites is 1. The second-order valence-corrected chi connectivity index (χ2v) is 9.77. The molecule has 3 N–H and O–H groups in total. The molecule has 35 heavy (non-hydrogen) atoms. The Hall–Kier alpha value is -3.26. The molecule has 2 heterocycles. The Kier molecular flexibility index (Phi) is 9.78. The van der Waals surface area contributed by atoms with Crippen LogP contribution in [0.15, 0.2) is 59.5 Å². The van der Waals surface area contributed by atoms with Gasteiger partial charge in [0.05, 0.1) is 5.56 Å². The molecular formula is C25H29N7OS2. The van der Waals surface area contributed by atoms with Crippen molar-refractivity contribution in [2.24, 2.45) is 0 Å². The van der Waals surface area contributed by atoms with Crippen molar-refractivity contribution in [3.63, 3.8) is 0 Å². The maximum Gasteiger partial charge on any atom is 0.257 e. The Morgan fingerprint density at radius 2 is 1.71 bits per heavy atom. The minimum absolute atomic E-state index is 0.224. The van der Waals surface area contributed by atoms with Crippen LogP contribution in [0.5, 0.6) is 0 Å². The second kappa shape index (κ2) is 13.0. The monoisotopic (exact) mass is 507 g/mol. The van der Waals surface area contributed by atoms with Crippen molar-refractivity contribution >= 4 is 46.9 Å². The zero-order chi connectivity index (χ0) is 25.2. The first-order chi connectivity index (χ1) is 16.9. The van der Waals surface area contributed by atoms with Gasteiger partial charge in [-0.1, -0.05) is 12.1 Å². The molecule has 2 aromatic carbocycles. The molecule has 1 fully saturated rings. The van der Waals surface area contributed by atoms with Crippen molar-refractivity contribution in [1.82, 2.24) is 14.3 Å². The Labute approximate surface area is 215 Å². The van der Waals surface area contributed by atoms with Gasteiger partial charge >= 0.3 is 0 Å². The molecule has 0 bridgehead atoms. The van der Waals surface area contributed by atoms with Gasteiger partial charge in [-0.3, -0.25) is 4.79 Å². The molecule has 0 aliphatic carbocycles. The van der Waals surface area contributed by atoms with E-state index in [9.17, 15) is 4.79 Å². The lowest BCUT2D eigenvalue weighted by Gasteiger charge is -2.33. The maximum absolute atomic E-state index is 12.4. The summed E-state index contributed by atoms with van der Waals surface area (Å²) in [7, 11) is 0. The third-order valence-electron chi connectivity index (χ3n) is 5.03. The third-order valence-corrected chi connectivity index (χ3v) is 6.14. The summed E-state index contributed by atoms with van der Waals surface area (Å²) in [5, 5.41) is 12.0. The van der Waals surface area contributed by atoms with Crippen molar-refractivity contribution in [3.05, 3.63) is 71.5 Å². The molecule has 10 heteroatoms. The van der Waals surface area contributed by atoms with E-state index < -0.39 is 0 Å². The molecule has 3 aromatic rings. The Morgan fingerprint density at radius 1 is 1.06 bits per heavy atom. The van der Waals surface area contributed by atoms with Crippen LogP contribution < -0.4 is 16.0 Å². The van der Waals surface area contributed by atoms with Crippen LogP contribution in [0.3, 0.4) is 0 Å². The zero-order valence-electron chi connectivity index (χ0n) is 20.1. The number of benzene rings is 2. The number of piperazine rings is 1. The number of nitrogens with two attached hydrogens (primary N) is 1. The van der Waals surface area contributed by atoms with E-state index in [-0.39, 0.29) is 5.91 Å². The lowest BCUT2D eigenvalue weighted by Crippen LogP contribution is -2.44. The number of aromatic nitrogens is 2. The van der Waals surface area contributed by atoms with Gasteiger partial charge in [-0.25, -0.2) is 14.3 Å². The van der Waals surface area contributed by atoms with Gasteiger partial charge in [0.15, 0.2) is 0 Å². The molecule has 1 saturated heterocycles. The van der Waals surface area contributed by atoms with Crippen molar-refractivity contribution in [2.45, 2.75) is 11.8 Å². The minimum atomic E-state index is -0.224. The zero-order valence-corrected chi connectivity index (χ0v) is 21.7. The van der Waals surface area contributed by atoms with Crippen LogP contribution in [0.1, 0.15) is 21.7 Å². The predicted molar refractivity (Wildman–Crippen MR) is 146 cm³/mol. The Bertz CT molecular complexity index is 1170. The van der Waals surface area contributed by atoms with E-state index >= 15 is 0 Å². The van der Waals surface area contributed by atoms with Crippen LogP contribution in [0.25, 0.3) is 0 Å². The SMILES string of the molecule is CSC.Cc1cc(C#N)nc(N2CCN(Sc3ccc(NC(=O)c4ccccc4N)cc3)CC2)n1. The topological polar surface area (TPSA) is 111 Å². The van der Waals surface area contributed by atoms with E-state index in [0.29, 0.717) is 22.9 Å². The molecule has 4 rings (SSSR count). The van der Waals surface area contributed by atoms with Crippen LogP contribution in [0.2, 0.25) is 0 Å². The number of nitriles is 1. The number of aryl methyl sites for hydroxylation is 1. The van der Waals surface area contributed by atoms with Gasteiger partial charge in [-0.15, -0.1) is 0 Å². The average molecular weight is 508 g/mol. The van der Waals surface area contributed by atoms with Crippen molar-refractivity contribution in [1.29, 1.82) is 5.26 Å². The molecule has 0 saturated carbocycles. The van der Waals surface area contributed by atoms with Gasteiger partial charge in [0.25, 0.3) is 5.91 Å². The van der Waals surface area contributed by atoms with Gasteiger partial charge in [-0.2, -0.15) is 17.0 Å². The normalized spacial score (nSPS) is 13.4. The smallest absolute Gasteiger partial charge is 0.257 e. The first-order valence-corrected chi connectivity index (χ1v) is 13.4. The highest BCUT2D eigenvalue weighted by atomic mass is 32.2. The van der Waals surface area contributed by atoms with Gasteiger partial charge < -0.3 is 16.0 Å². The number of nitrogens with zero attached hydrogens (tertiary/aromatic N) is 5. The van der Waals surface area contributed by atoms with Crippen LogP contribution in [-0.2, 0) is 0 Å². The van der Waals surface area contributed by atoms with E-state index in [4.69, 9.17) is 11.0 Å². The van der Waals surface area contributed by atoms with E-state index in [0.717, 1.165) is 42.5 Å². The van der Waals surface area contributed by atoms with E-state index in [1.165, 1.54) is 0 Å². The van der Waals surface area contributed by atoms with Crippen LogP contribution in [0, 0.1) is 18.3 Å². The van der Waals surface area contributed by atoms with Gasteiger partial charge in [0, 0.05) is 48.1 Å². The number of nitrogens with one attached hydrogen (secondary N) is 1. The molecule has 1 aliphatic heterocycles. The van der Waals surface area contributed by atoms with Crippen molar-refractivity contribution in [2.75, 3.05) is 54.6 Å². The molecule has 0 radical (unpaired) electrons. The molecule has 8 nitrogen and oxygen atoms in total.